The van der Waals surface area contributed by atoms with Crippen molar-refractivity contribution in [3.8, 4) is 5.75 Å². The smallest absolute Gasteiger partial charge is 0.407 e. The van der Waals surface area contributed by atoms with Gasteiger partial charge in [-0.25, -0.2) is 4.39 Å². The summed E-state index contributed by atoms with van der Waals surface area (Å²) in [6.07, 6.45) is -4.71. The number of hydrogen-bond acceptors (Lipinski definition) is 2. The summed E-state index contributed by atoms with van der Waals surface area (Å²) in [5.41, 5.74) is 4.22. The van der Waals surface area contributed by atoms with Crippen LogP contribution >= 0.6 is 0 Å². The van der Waals surface area contributed by atoms with Crippen LogP contribution < -0.4 is 5.73 Å². The molecule has 0 spiro atoms. The lowest BCUT2D eigenvalue weighted by atomic mass is 10.0. The van der Waals surface area contributed by atoms with Gasteiger partial charge in [0.2, 0.25) is 0 Å². The van der Waals surface area contributed by atoms with Crippen molar-refractivity contribution in [3.63, 3.8) is 0 Å². The third-order valence-corrected chi connectivity index (χ3v) is 1.98. The molecule has 0 aromatic heterocycles. The third-order valence-electron chi connectivity index (χ3n) is 1.98. The molecule has 1 aromatic rings. The minimum Gasteiger partial charge on any atom is -0.507 e. The van der Waals surface area contributed by atoms with E-state index in [2.05, 4.69) is 0 Å². The van der Waals surface area contributed by atoms with Gasteiger partial charge in [0.15, 0.2) is 0 Å². The number of benzene rings is 1. The van der Waals surface area contributed by atoms with Crippen molar-refractivity contribution in [2.24, 2.45) is 5.73 Å². The quantitative estimate of drug-likeness (QED) is 0.718. The van der Waals surface area contributed by atoms with Crippen molar-refractivity contribution in [1.82, 2.24) is 0 Å². The van der Waals surface area contributed by atoms with Crippen LogP contribution in [0.15, 0.2) is 12.1 Å². The van der Waals surface area contributed by atoms with E-state index in [1.54, 1.807) is 0 Å². The molecule has 0 saturated carbocycles. The van der Waals surface area contributed by atoms with Crippen LogP contribution in [-0.4, -0.2) is 11.3 Å². The van der Waals surface area contributed by atoms with Crippen LogP contribution in [0.3, 0.4) is 0 Å². The second-order valence-corrected chi connectivity index (χ2v) is 3.18. The van der Waals surface area contributed by atoms with E-state index in [0.717, 1.165) is 6.07 Å². The molecule has 0 aliphatic carbocycles. The van der Waals surface area contributed by atoms with Crippen molar-refractivity contribution in [3.05, 3.63) is 29.1 Å². The van der Waals surface area contributed by atoms with E-state index >= 15 is 0 Å². The molecule has 0 heterocycles. The number of rotatable bonds is 1. The van der Waals surface area contributed by atoms with E-state index in [9.17, 15) is 22.7 Å². The first-order chi connectivity index (χ1) is 6.73. The molecule has 0 bridgehead atoms. The molecule has 0 amide bonds. The summed E-state index contributed by atoms with van der Waals surface area (Å²) < 4.78 is 49.5. The molecule has 0 radical (unpaired) electrons. The second-order valence-electron chi connectivity index (χ2n) is 3.18. The maximum Gasteiger partial charge on any atom is 0.407 e. The normalized spacial score (nSPS) is 14.0. The molecular weight excluding hydrogens is 214 g/mol. The Kier molecular flexibility index (Phi) is 2.90. The Balaban J connectivity index is 3.25. The van der Waals surface area contributed by atoms with Gasteiger partial charge in [0.1, 0.15) is 17.6 Å². The molecule has 6 heteroatoms. The van der Waals surface area contributed by atoms with Crippen LogP contribution in [0, 0.1) is 12.7 Å². The van der Waals surface area contributed by atoms with Gasteiger partial charge in [0.05, 0.1) is 0 Å². The Morgan fingerprint density at radius 1 is 1.33 bits per heavy atom. The summed E-state index contributed by atoms with van der Waals surface area (Å²) >= 11 is 0. The molecule has 1 aromatic carbocycles. The highest BCUT2D eigenvalue weighted by Crippen LogP contribution is 2.36. The Morgan fingerprint density at radius 2 is 1.87 bits per heavy atom. The molecule has 0 unspecified atom stereocenters. The minimum atomic E-state index is -4.71. The second kappa shape index (κ2) is 3.69. The van der Waals surface area contributed by atoms with Gasteiger partial charge in [-0.2, -0.15) is 13.2 Å². The molecule has 1 rings (SSSR count). The van der Waals surface area contributed by atoms with Gasteiger partial charge < -0.3 is 10.8 Å². The summed E-state index contributed by atoms with van der Waals surface area (Å²) in [4.78, 5) is 0. The third kappa shape index (κ3) is 2.38. The molecule has 0 aliphatic heterocycles. The summed E-state index contributed by atoms with van der Waals surface area (Å²) in [7, 11) is 0. The van der Waals surface area contributed by atoms with Gasteiger partial charge in [-0.1, -0.05) is 0 Å². The van der Waals surface area contributed by atoms with Crippen LogP contribution in [0.25, 0.3) is 0 Å². The van der Waals surface area contributed by atoms with Crippen molar-refractivity contribution >= 4 is 0 Å². The largest absolute Gasteiger partial charge is 0.507 e. The number of phenols is 1. The average molecular weight is 223 g/mol. The summed E-state index contributed by atoms with van der Waals surface area (Å²) in [5.74, 6) is -1.48. The van der Waals surface area contributed by atoms with E-state index in [1.807, 2.05) is 0 Å². The predicted molar refractivity (Wildman–Crippen MR) is 45.8 cm³/mol. The first-order valence-corrected chi connectivity index (χ1v) is 4.04. The molecule has 2 nitrogen and oxygen atoms in total. The van der Waals surface area contributed by atoms with Gasteiger partial charge in [0.25, 0.3) is 0 Å². The lowest BCUT2D eigenvalue weighted by molar-refractivity contribution is -0.149. The van der Waals surface area contributed by atoms with Crippen LogP contribution in [0.5, 0.6) is 5.75 Å². The fraction of sp³-hybridized carbons (Fsp3) is 0.333. The molecule has 3 N–H and O–H groups in total. The van der Waals surface area contributed by atoms with Crippen LogP contribution in [0.1, 0.15) is 17.2 Å². The maximum atomic E-state index is 12.8. The Labute approximate surface area is 83.3 Å². The fourth-order valence-corrected chi connectivity index (χ4v) is 1.17. The molecule has 0 fully saturated rings. The van der Waals surface area contributed by atoms with Crippen LogP contribution in [0.4, 0.5) is 17.6 Å². The molecule has 0 saturated heterocycles. The van der Waals surface area contributed by atoms with Crippen molar-refractivity contribution in [2.75, 3.05) is 0 Å². The molecule has 1 atom stereocenters. The van der Waals surface area contributed by atoms with Crippen molar-refractivity contribution in [1.29, 1.82) is 0 Å². The Hall–Kier alpha value is -1.30. The first kappa shape index (κ1) is 11.8. The zero-order valence-electron chi connectivity index (χ0n) is 7.77. The van der Waals surface area contributed by atoms with Gasteiger partial charge in [-0.15, -0.1) is 0 Å². The standard InChI is InChI=1S/C9H9F4NO/c1-4-2-5(10)3-6(7(4)15)8(14)9(11,12)13/h2-3,8,15H,14H2,1H3/t8-/m0/s1. The van der Waals surface area contributed by atoms with Gasteiger partial charge >= 0.3 is 6.18 Å². The van der Waals surface area contributed by atoms with Gasteiger partial charge in [0, 0.05) is 5.56 Å². The van der Waals surface area contributed by atoms with Gasteiger partial charge in [-0.3, -0.25) is 0 Å². The topological polar surface area (TPSA) is 46.2 Å². The van der Waals surface area contributed by atoms with E-state index in [-0.39, 0.29) is 5.56 Å². The highest BCUT2D eigenvalue weighted by atomic mass is 19.4. The average Bonchev–Trinajstić information content (AvgIpc) is 2.08. The van der Waals surface area contributed by atoms with E-state index in [0.29, 0.717) is 6.07 Å². The Bertz CT molecular complexity index is 375. The zero-order chi connectivity index (χ0) is 11.8. The minimum absolute atomic E-state index is 0.0182. The number of halogens is 4. The molecule has 15 heavy (non-hydrogen) atoms. The predicted octanol–water partition coefficient (Wildman–Crippen LogP) is 2.40. The lowest BCUT2D eigenvalue weighted by Crippen LogP contribution is -2.28. The zero-order valence-corrected chi connectivity index (χ0v) is 7.77. The van der Waals surface area contributed by atoms with Gasteiger partial charge in [-0.05, 0) is 24.6 Å². The van der Waals surface area contributed by atoms with Crippen LogP contribution in [0.2, 0.25) is 0 Å². The molecule has 0 aliphatic rings. The number of hydrogen-bond donors (Lipinski definition) is 2. The highest BCUT2D eigenvalue weighted by molar-refractivity contribution is 5.42. The first-order valence-electron chi connectivity index (χ1n) is 4.04. The fourth-order valence-electron chi connectivity index (χ4n) is 1.17. The summed E-state index contributed by atoms with van der Waals surface area (Å²) in [6, 6.07) is -0.866. The number of nitrogens with two attached hydrogens (primary N) is 1. The SMILES string of the molecule is Cc1cc(F)cc([C@H](N)C(F)(F)F)c1O. The lowest BCUT2D eigenvalue weighted by Gasteiger charge is -2.18. The van der Waals surface area contributed by atoms with Crippen LogP contribution in [-0.2, 0) is 0 Å². The van der Waals surface area contributed by atoms with E-state index in [4.69, 9.17) is 5.73 Å². The Morgan fingerprint density at radius 3 is 2.33 bits per heavy atom. The number of aryl methyl sites for hydroxylation is 1. The monoisotopic (exact) mass is 223 g/mol. The maximum absolute atomic E-state index is 12.8. The summed E-state index contributed by atoms with van der Waals surface area (Å²) in [6.45, 7) is 1.30. The number of alkyl halides is 3. The van der Waals surface area contributed by atoms with E-state index < -0.39 is 29.3 Å². The van der Waals surface area contributed by atoms with Crippen molar-refractivity contribution < 1.29 is 22.7 Å². The van der Waals surface area contributed by atoms with E-state index in [1.165, 1.54) is 6.92 Å². The van der Waals surface area contributed by atoms with Crippen molar-refractivity contribution in [2.45, 2.75) is 19.1 Å². The highest BCUT2D eigenvalue weighted by Gasteiger charge is 2.39. The summed E-state index contributed by atoms with van der Waals surface area (Å²) in [5, 5.41) is 9.31. The molecular formula is C9H9F4NO. The number of aromatic hydroxyl groups is 1. The number of phenolic OH excluding ortho intramolecular Hbond substituents is 1. The molecule has 84 valence electrons.